The Morgan fingerprint density at radius 2 is 2.10 bits per heavy atom. The second-order valence-corrected chi connectivity index (χ2v) is 4.38. The molecule has 0 aliphatic heterocycles. The van der Waals surface area contributed by atoms with Gasteiger partial charge >= 0.3 is 0 Å². The molecule has 0 atom stereocenters. The van der Waals surface area contributed by atoms with E-state index in [1.54, 1.807) is 12.3 Å². The summed E-state index contributed by atoms with van der Waals surface area (Å²) in [5.74, 6) is -0.196. The molecule has 6 heteroatoms. The van der Waals surface area contributed by atoms with Crippen LogP contribution >= 0.6 is 0 Å². The molecule has 1 aromatic carbocycles. The molecule has 102 valence electrons. The van der Waals surface area contributed by atoms with Gasteiger partial charge in [-0.2, -0.15) is 4.68 Å². The summed E-state index contributed by atoms with van der Waals surface area (Å²) >= 11 is 0. The van der Waals surface area contributed by atoms with Crippen molar-refractivity contribution in [2.45, 2.75) is 13.5 Å². The third-order valence-corrected chi connectivity index (χ3v) is 3.07. The van der Waals surface area contributed by atoms with E-state index in [0.717, 1.165) is 12.1 Å². The Labute approximate surface area is 115 Å². The maximum absolute atomic E-state index is 14.5. The molecule has 3 rings (SSSR count). The molecular formula is C14H14FN5. The van der Waals surface area contributed by atoms with Crippen LogP contribution in [0.4, 0.5) is 4.39 Å². The molecule has 2 aromatic heterocycles. The van der Waals surface area contributed by atoms with Crippen molar-refractivity contribution < 1.29 is 4.39 Å². The first-order chi connectivity index (χ1) is 9.81. The number of aromatic nitrogens is 4. The lowest BCUT2D eigenvalue weighted by atomic mass is 10.2. The van der Waals surface area contributed by atoms with Crippen LogP contribution in [0, 0.1) is 5.82 Å². The average molecular weight is 271 g/mol. The van der Waals surface area contributed by atoms with Gasteiger partial charge in [-0.25, -0.2) is 9.37 Å². The topological polar surface area (TPSA) is 55.6 Å². The van der Waals surface area contributed by atoms with Crippen LogP contribution in [-0.4, -0.2) is 26.5 Å². The average Bonchev–Trinajstić information content (AvgIpc) is 2.90. The van der Waals surface area contributed by atoms with E-state index in [1.165, 1.54) is 4.68 Å². The standard InChI is InChI=1S/C14H14FN5/c1-2-16-9-10-7-8-17-14(13(10)15)20-12-6-4-3-5-11(12)18-19-20/h3-8,16H,2,9H2,1H3. The quantitative estimate of drug-likeness (QED) is 0.789. The highest BCUT2D eigenvalue weighted by Crippen LogP contribution is 2.18. The lowest BCUT2D eigenvalue weighted by Gasteiger charge is -2.08. The van der Waals surface area contributed by atoms with Crippen LogP contribution in [0.2, 0.25) is 0 Å². The van der Waals surface area contributed by atoms with Crippen LogP contribution < -0.4 is 5.32 Å². The van der Waals surface area contributed by atoms with Gasteiger partial charge in [-0.15, -0.1) is 5.10 Å². The van der Waals surface area contributed by atoms with Gasteiger partial charge in [-0.05, 0) is 24.7 Å². The molecule has 0 radical (unpaired) electrons. The van der Waals surface area contributed by atoms with Gasteiger partial charge in [0.1, 0.15) is 5.52 Å². The summed E-state index contributed by atoms with van der Waals surface area (Å²) in [7, 11) is 0. The van der Waals surface area contributed by atoms with Crippen molar-refractivity contribution in [3.05, 3.63) is 47.9 Å². The van der Waals surface area contributed by atoms with Crippen molar-refractivity contribution in [3.8, 4) is 5.82 Å². The van der Waals surface area contributed by atoms with Crippen molar-refractivity contribution >= 4 is 11.0 Å². The van der Waals surface area contributed by atoms with Gasteiger partial charge in [0, 0.05) is 18.3 Å². The lowest BCUT2D eigenvalue weighted by molar-refractivity contribution is 0.571. The predicted octanol–water partition coefficient (Wildman–Crippen LogP) is 2.06. The fourth-order valence-corrected chi connectivity index (χ4v) is 2.04. The number of nitrogens with zero attached hydrogens (tertiary/aromatic N) is 4. The Hall–Kier alpha value is -2.34. The summed E-state index contributed by atoms with van der Waals surface area (Å²) in [6.45, 7) is 3.22. The number of halogens is 1. The highest BCUT2D eigenvalue weighted by atomic mass is 19.1. The molecule has 0 fully saturated rings. The zero-order chi connectivity index (χ0) is 13.9. The van der Waals surface area contributed by atoms with Gasteiger partial charge in [0.25, 0.3) is 0 Å². The summed E-state index contributed by atoms with van der Waals surface area (Å²) in [4.78, 5) is 4.10. The molecule has 1 N–H and O–H groups in total. The zero-order valence-corrected chi connectivity index (χ0v) is 11.0. The van der Waals surface area contributed by atoms with E-state index in [4.69, 9.17) is 0 Å². The fourth-order valence-electron chi connectivity index (χ4n) is 2.04. The van der Waals surface area contributed by atoms with Crippen molar-refractivity contribution in [3.63, 3.8) is 0 Å². The maximum atomic E-state index is 14.5. The molecule has 3 aromatic rings. The minimum atomic E-state index is -0.371. The minimum absolute atomic E-state index is 0.175. The number of nitrogens with one attached hydrogen (secondary N) is 1. The molecule has 0 spiro atoms. The van der Waals surface area contributed by atoms with E-state index < -0.39 is 0 Å². The minimum Gasteiger partial charge on any atom is -0.313 e. The normalized spacial score (nSPS) is 11.1. The van der Waals surface area contributed by atoms with Crippen molar-refractivity contribution in [1.29, 1.82) is 0 Å². The van der Waals surface area contributed by atoms with Crippen molar-refractivity contribution in [2.24, 2.45) is 0 Å². The van der Waals surface area contributed by atoms with E-state index >= 15 is 0 Å². The van der Waals surface area contributed by atoms with Crippen LogP contribution in [-0.2, 0) is 6.54 Å². The van der Waals surface area contributed by atoms with Gasteiger partial charge in [0.05, 0.1) is 5.52 Å². The van der Waals surface area contributed by atoms with Gasteiger partial charge < -0.3 is 5.32 Å². The number of para-hydroxylation sites is 1. The van der Waals surface area contributed by atoms with Crippen molar-refractivity contribution in [1.82, 2.24) is 25.3 Å². The van der Waals surface area contributed by atoms with Crippen molar-refractivity contribution in [2.75, 3.05) is 6.54 Å². The predicted molar refractivity (Wildman–Crippen MR) is 74.0 cm³/mol. The Morgan fingerprint density at radius 1 is 1.25 bits per heavy atom. The first kappa shape index (κ1) is 12.7. The number of pyridine rings is 1. The highest BCUT2D eigenvalue weighted by molar-refractivity contribution is 5.75. The number of rotatable bonds is 4. The molecular weight excluding hydrogens is 257 g/mol. The van der Waals surface area contributed by atoms with Gasteiger partial charge in [-0.1, -0.05) is 24.3 Å². The molecule has 5 nitrogen and oxygen atoms in total. The first-order valence-corrected chi connectivity index (χ1v) is 6.46. The number of hydrogen-bond donors (Lipinski definition) is 1. The summed E-state index contributed by atoms with van der Waals surface area (Å²) in [5.41, 5.74) is 2.02. The highest BCUT2D eigenvalue weighted by Gasteiger charge is 2.14. The second-order valence-electron chi connectivity index (χ2n) is 4.38. The monoisotopic (exact) mass is 271 g/mol. The van der Waals surface area contributed by atoms with Crippen LogP contribution in [0.5, 0.6) is 0 Å². The SMILES string of the molecule is CCNCc1ccnc(-n2nnc3ccccc32)c1F. The number of benzene rings is 1. The van der Waals surface area contributed by atoms with E-state index in [0.29, 0.717) is 17.6 Å². The molecule has 0 saturated heterocycles. The first-order valence-electron chi connectivity index (χ1n) is 6.46. The third-order valence-electron chi connectivity index (χ3n) is 3.07. The molecule has 0 saturated carbocycles. The smallest absolute Gasteiger partial charge is 0.192 e. The maximum Gasteiger partial charge on any atom is 0.192 e. The van der Waals surface area contributed by atoms with Crippen LogP contribution in [0.3, 0.4) is 0 Å². The Kier molecular flexibility index (Phi) is 3.39. The van der Waals surface area contributed by atoms with Gasteiger partial charge in [0.2, 0.25) is 0 Å². The van der Waals surface area contributed by atoms with Gasteiger partial charge in [0.15, 0.2) is 11.6 Å². The Balaban J connectivity index is 2.10. The number of hydrogen-bond acceptors (Lipinski definition) is 4. The molecule has 0 unspecified atom stereocenters. The molecule has 0 aliphatic rings. The van der Waals surface area contributed by atoms with Crippen LogP contribution in [0.25, 0.3) is 16.9 Å². The summed E-state index contributed by atoms with van der Waals surface area (Å²) < 4.78 is 15.9. The molecule has 0 bridgehead atoms. The summed E-state index contributed by atoms with van der Waals surface area (Å²) in [6, 6.07) is 9.07. The van der Waals surface area contributed by atoms with E-state index in [2.05, 4.69) is 20.6 Å². The molecule has 0 aliphatic carbocycles. The van der Waals surface area contributed by atoms with E-state index in [-0.39, 0.29) is 11.6 Å². The van der Waals surface area contributed by atoms with Crippen LogP contribution in [0.1, 0.15) is 12.5 Å². The zero-order valence-electron chi connectivity index (χ0n) is 11.0. The van der Waals surface area contributed by atoms with Gasteiger partial charge in [-0.3, -0.25) is 0 Å². The Bertz CT molecular complexity index is 737. The fraction of sp³-hybridized carbons (Fsp3) is 0.214. The molecule has 20 heavy (non-hydrogen) atoms. The summed E-state index contributed by atoms with van der Waals surface area (Å²) in [5, 5.41) is 11.1. The third kappa shape index (κ3) is 2.14. The summed E-state index contributed by atoms with van der Waals surface area (Å²) in [6.07, 6.45) is 1.58. The lowest BCUT2D eigenvalue weighted by Crippen LogP contribution is -2.15. The van der Waals surface area contributed by atoms with E-state index in [1.807, 2.05) is 31.2 Å². The second kappa shape index (κ2) is 5.34. The molecule has 2 heterocycles. The number of fused-ring (bicyclic) bond motifs is 1. The molecule has 0 amide bonds. The van der Waals surface area contributed by atoms with Crippen LogP contribution in [0.15, 0.2) is 36.5 Å². The largest absolute Gasteiger partial charge is 0.313 e. The Morgan fingerprint density at radius 3 is 2.95 bits per heavy atom. The van der Waals surface area contributed by atoms with E-state index in [9.17, 15) is 4.39 Å².